The van der Waals surface area contributed by atoms with Crippen LogP contribution in [0.4, 0.5) is 9.59 Å². The van der Waals surface area contributed by atoms with Crippen molar-refractivity contribution in [1.29, 1.82) is 0 Å². The molecule has 13 nitrogen and oxygen atoms in total. The Hall–Kier alpha value is -5.40. The van der Waals surface area contributed by atoms with Crippen LogP contribution in [0.2, 0.25) is 10.0 Å². The third-order valence-corrected chi connectivity index (χ3v) is 9.94. The second-order valence-corrected chi connectivity index (χ2v) is 16.4. The molecule has 2 amide bonds. The Labute approximate surface area is 348 Å². The molecule has 3 heterocycles. The topological polar surface area (TPSA) is 147 Å². The molecule has 1 aliphatic heterocycles. The first-order chi connectivity index (χ1) is 27.4. The Bertz CT molecular complexity index is 2160. The van der Waals surface area contributed by atoms with Crippen LogP contribution in [0.5, 0.6) is 11.6 Å². The van der Waals surface area contributed by atoms with Crippen LogP contribution in [-0.4, -0.2) is 95.4 Å². The fourth-order valence-corrected chi connectivity index (χ4v) is 7.08. The number of carbonyl (C=O) groups excluding carboxylic acids is 4. The molecule has 4 aromatic rings. The fraction of sp³-hybridized carbons (Fsp3) is 0.395. The fourth-order valence-electron chi connectivity index (χ4n) is 6.43. The molecule has 1 fully saturated rings. The number of likely N-dealkylation sites (tertiary alicyclic amines) is 1. The van der Waals surface area contributed by atoms with E-state index in [1.54, 1.807) is 81.8 Å². The van der Waals surface area contributed by atoms with E-state index in [1.807, 2.05) is 30.3 Å². The largest absolute Gasteiger partial charge is 0.509 e. The van der Waals surface area contributed by atoms with Crippen molar-refractivity contribution in [1.82, 2.24) is 19.8 Å². The van der Waals surface area contributed by atoms with Crippen LogP contribution in [0.15, 0.2) is 60.8 Å². The van der Waals surface area contributed by atoms with E-state index < -0.39 is 30.1 Å². The second-order valence-electron chi connectivity index (χ2n) is 15.6. The van der Waals surface area contributed by atoms with Crippen molar-refractivity contribution in [3.05, 3.63) is 82.0 Å². The first-order valence-corrected chi connectivity index (χ1v) is 19.4. The molecule has 1 saturated heterocycles. The van der Waals surface area contributed by atoms with Crippen molar-refractivity contribution in [3.8, 4) is 45.3 Å². The molecule has 2 aromatic carbocycles. The van der Waals surface area contributed by atoms with Crippen molar-refractivity contribution in [3.63, 3.8) is 0 Å². The lowest BCUT2D eigenvalue weighted by molar-refractivity contribution is -0.137. The lowest BCUT2D eigenvalue weighted by Crippen LogP contribution is -2.50. The molecule has 308 valence electrons. The van der Waals surface area contributed by atoms with E-state index >= 15 is 0 Å². The van der Waals surface area contributed by atoms with Gasteiger partial charge in [0.1, 0.15) is 17.0 Å². The molecule has 0 radical (unpaired) electrons. The van der Waals surface area contributed by atoms with Gasteiger partial charge in [-0.3, -0.25) is 14.6 Å². The van der Waals surface area contributed by atoms with Crippen molar-refractivity contribution in [2.75, 3.05) is 33.9 Å². The lowest BCUT2D eigenvalue weighted by atomic mass is 9.99. The Balaban J connectivity index is 1.38. The van der Waals surface area contributed by atoms with Crippen LogP contribution in [0.25, 0.3) is 33.6 Å². The predicted octanol–water partition coefficient (Wildman–Crippen LogP) is 9.29. The van der Waals surface area contributed by atoms with E-state index in [2.05, 4.69) is 4.98 Å². The van der Waals surface area contributed by atoms with Gasteiger partial charge in [0.2, 0.25) is 5.88 Å². The molecule has 0 bridgehead atoms. The molecule has 58 heavy (non-hydrogen) atoms. The van der Waals surface area contributed by atoms with Gasteiger partial charge in [0.15, 0.2) is 12.9 Å². The number of benzene rings is 2. The number of rotatable bonds is 11. The number of hydrogen-bond acceptors (Lipinski definition) is 11. The smallest absolute Gasteiger partial charge is 0.496 e. The summed E-state index contributed by atoms with van der Waals surface area (Å²) in [5.74, 6) is 0.334. The quantitative estimate of drug-likeness (QED) is 0.105. The van der Waals surface area contributed by atoms with E-state index in [1.165, 1.54) is 14.2 Å². The summed E-state index contributed by atoms with van der Waals surface area (Å²) in [6.45, 7) is 10.9. The minimum Gasteiger partial charge on any atom is -0.496 e. The predicted molar refractivity (Wildman–Crippen MR) is 220 cm³/mol. The van der Waals surface area contributed by atoms with E-state index in [-0.39, 0.29) is 24.4 Å². The van der Waals surface area contributed by atoms with Gasteiger partial charge in [-0.05, 0) is 84.7 Å². The van der Waals surface area contributed by atoms with Gasteiger partial charge in [0.25, 0.3) is 5.91 Å². The monoisotopic (exact) mass is 834 g/mol. The standard InChI is InChI=1S/C43H48Cl2N4O9/c1-42(2,3)57-40(52)49(29-17-20-48(21-18-29)35(51)25-56-41(53)58-43(4,5)6)23-27-14-15-33(47-39(27)55-8)32-11-9-10-30(36(32)44)31-16-19-46-38(37(31)45)26-12-13-28(24-50)34(22-26)54-7/h9-16,19,22,24,29H,17-18,20-21,23,25H2,1-8H3. The second kappa shape index (κ2) is 18.5. The number of methoxy groups -OCH3 is 2. The zero-order chi connectivity index (χ0) is 42.4. The highest BCUT2D eigenvalue weighted by atomic mass is 35.5. The number of hydrogen-bond donors (Lipinski definition) is 0. The van der Waals surface area contributed by atoms with Crippen LogP contribution < -0.4 is 9.47 Å². The first kappa shape index (κ1) is 43.7. The van der Waals surface area contributed by atoms with Crippen molar-refractivity contribution in [2.45, 2.75) is 78.2 Å². The van der Waals surface area contributed by atoms with Crippen LogP contribution >= 0.6 is 23.2 Å². The zero-order valence-corrected chi connectivity index (χ0v) is 35.4. The van der Waals surface area contributed by atoms with E-state index in [9.17, 15) is 19.2 Å². The Morgan fingerprint density at radius 3 is 2.17 bits per heavy atom. The van der Waals surface area contributed by atoms with Crippen LogP contribution in [0, 0.1) is 0 Å². The Kier molecular flexibility index (Phi) is 13.9. The number of pyridine rings is 2. The average molecular weight is 836 g/mol. The van der Waals surface area contributed by atoms with Gasteiger partial charge in [0.05, 0.1) is 47.8 Å². The van der Waals surface area contributed by atoms with E-state index in [4.69, 9.17) is 51.9 Å². The number of ether oxygens (including phenoxy) is 5. The SMILES string of the molecule is COc1cc(-c2nccc(-c3cccc(-c4ccc(CN(C(=O)OC(C)(C)C)C5CCN(C(=O)COC(=O)OC(C)(C)C)CC5)c(OC)n4)c3Cl)c2Cl)ccc1C=O. The van der Waals surface area contributed by atoms with Crippen molar-refractivity contribution >= 4 is 47.6 Å². The molecule has 0 saturated carbocycles. The molecule has 2 aromatic heterocycles. The first-order valence-electron chi connectivity index (χ1n) is 18.7. The molecular formula is C43H48Cl2N4O9. The van der Waals surface area contributed by atoms with Gasteiger partial charge in [-0.25, -0.2) is 14.6 Å². The molecule has 0 aliphatic carbocycles. The molecule has 5 rings (SSSR count). The highest BCUT2D eigenvalue weighted by Crippen LogP contribution is 2.42. The summed E-state index contributed by atoms with van der Waals surface area (Å²) in [6, 6.07) is 15.8. The number of piperidine rings is 1. The minimum atomic E-state index is -0.913. The number of carbonyl (C=O) groups is 4. The van der Waals surface area contributed by atoms with Gasteiger partial charge in [-0.1, -0.05) is 47.5 Å². The molecular weight excluding hydrogens is 787 g/mol. The summed E-state index contributed by atoms with van der Waals surface area (Å²) >= 11 is 14.1. The van der Waals surface area contributed by atoms with Crippen molar-refractivity contribution in [2.24, 2.45) is 0 Å². The van der Waals surface area contributed by atoms with E-state index in [0.717, 1.165) is 6.29 Å². The molecule has 0 spiro atoms. The maximum absolute atomic E-state index is 13.7. The number of nitrogens with zero attached hydrogens (tertiary/aromatic N) is 4. The van der Waals surface area contributed by atoms with Crippen molar-refractivity contribution < 1.29 is 42.9 Å². The minimum absolute atomic E-state index is 0.119. The maximum Gasteiger partial charge on any atom is 0.509 e. The molecule has 1 aliphatic rings. The Morgan fingerprint density at radius 2 is 1.53 bits per heavy atom. The van der Waals surface area contributed by atoms with Gasteiger partial charge < -0.3 is 33.5 Å². The Morgan fingerprint density at radius 1 is 0.862 bits per heavy atom. The van der Waals surface area contributed by atoms with Gasteiger partial charge in [-0.2, -0.15) is 0 Å². The summed E-state index contributed by atoms with van der Waals surface area (Å²) < 4.78 is 27.2. The summed E-state index contributed by atoms with van der Waals surface area (Å²) in [7, 11) is 2.99. The molecule has 0 atom stereocenters. The lowest BCUT2D eigenvalue weighted by Gasteiger charge is -2.39. The molecule has 0 N–H and O–H groups in total. The van der Waals surface area contributed by atoms with Crippen LogP contribution in [-0.2, 0) is 25.5 Å². The summed E-state index contributed by atoms with van der Waals surface area (Å²) in [6.07, 6.45) is 1.85. The van der Waals surface area contributed by atoms with Gasteiger partial charge >= 0.3 is 12.2 Å². The highest BCUT2D eigenvalue weighted by Gasteiger charge is 2.34. The third kappa shape index (κ3) is 10.8. The summed E-state index contributed by atoms with van der Waals surface area (Å²) in [4.78, 5) is 62.6. The number of aromatic nitrogens is 2. The third-order valence-electron chi connectivity index (χ3n) is 9.15. The van der Waals surface area contributed by atoms with Crippen LogP contribution in [0.1, 0.15) is 70.3 Å². The van der Waals surface area contributed by atoms with E-state index in [0.29, 0.717) is 86.5 Å². The average Bonchev–Trinajstić information content (AvgIpc) is 3.18. The summed E-state index contributed by atoms with van der Waals surface area (Å²) in [5.41, 5.74) is 3.10. The normalized spacial score (nSPS) is 13.4. The molecule has 15 heteroatoms. The number of aldehydes is 1. The number of amides is 2. The molecule has 0 unspecified atom stereocenters. The van der Waals surface area contributed by atoms with Gasteiger partial charge in [-0.15, -0.1) is 0 Å². The zero-order valence-electron chi connectivity index (χ0n) is 33.9. The number of halogens is 2. The highest BCUT2D eigenvalue weighted by molar-refractivity contribution is 6.39. The summed E-state index contributed by atoms with van der Waals surface area (Å²) in [5, 5.41) is 0.751. The van der Waals surface area contributed by atoms with Gasteiger partial charge in [0, 0.05) is 53.1 Å². The maximum atomic E-state index is 13.7. The van der Waals surface area contributed by atoms with Crippen LogP contribution in [0.3, 0.4) is 0 Å².